The lowest BCUT2D eigenvalue weighted by atomic mass is 9.75. The van der Waals surface area contributed by atoms with Crippen molar-refractivity contribution in [2.45, 2.75) is 45.6 Å². The molecule has 4 heteroatoms. The fourth-order valence-corrected chi connectivity index (χ4v) is 3.37. The van der Waals surface area contributed by atoms with Crippen LogP contribution in [0, 0.1) is 5.41 Å². The molecule has 3 rings (SSSR count). The van der Waals surface area contributed by atoms with Crippen molar-refractivity contribution in [3.63, 3.8) is 0 Å². The molecular weight excluding hydrogens is 264 g/mol. The summed E-state index contributed by atoms with van der Waals surface area (Å²) in [6.07, 6.45) is 4.98. The lowest BCUT2D eigenvalue weighted by molar-refractivity contribution is 0.171. The fraction of sp³-hybridized carbons (Fsp3) is 0.647. The highest BCUT2D eigenvalue weighted by atomic mass is 16.6. The Kier molecular flexibility index (Phi) is 3.64. The van der Waals surface area contributed by atoms with Crippen LogP contribution in [0.1, 0.15) is 39.5 Å². The number of nitrogen functional groups attached to an aromatic ring is 1. The van der Waals surface area contributed by atoms with E-state index in [1.165, 1.54) is 25.7 Å². The zero-order valence-corrected chi connectivity index (χ0v) is 13.3. The summed E-state index contributed by atoms with van der Waals surface area (Å²) in [6, 6.07) is 4.49. The molecule has 1 aliphatic carbocycles. The van der Waals surface area contributed by atoms with E-state index in [-0.39, 0.29) is 0 Å². The van der Waals surface area contributed by atoms with Crippen molar-refractivity contribution in [3.8, 4) is 11.5 Å². The lowest BCUT2D eigenvalue weighted by Gasteiger charge is -2.40. The summed E-state index contributed by atoms with van der Waals surface area (Å²) in [4.78, 5) is 2.32. The maximum Gasteiger partial charge on any atom is 0.163 e. The molecule has 116 valence electrons. The van der Waals surface area contributed by atoms with Gasteiger partial charge >= 0.3 is 0 Å². The van der Waals surface area contributed by atoms with Crippen LogP contribution in [0.2, 0.25) is 0 Å². The Morgan fingerprint density at radius 2 is 1.67 bits per heavy atom. The van der Waals surface area contributed by atoms with E-state index in [1.807, 2.05) is 12.1 Å². The van der Waals surface area contributed by atoms with Gasteiger partial charge in [0.05, 0.1) is 11.4 Å². The summed E-state index contributed by atoms with van der Waals surface area (Å²) in [5.74, 6) is 1.58. The summed E-state index contributed by atoms with van der Waals surface area (Å²) in [5, 5.41) is 0. The summed E-state index contributed by atoms with van der Waals surface area (Å²) >= 11 is 0. The first kappa shape index (κ1) is 14.4. The van der Waals surface area contributed by atoms with E-state index < -0.39 is 0 Å². The molecule has 1 aromatic carbocycles. The largest absolute Gasteiger partial charge is 0.486 e. The van der Waals surface area contributed by atoms with E-state index in [0.717, 1.165) is 22.9 Å². The van der Waals surface area contributed by atoms with Gasteiger partial charge in [0, 0.05) is 25.2 Å². The van der Waals surface area contributed by atoms with E-state index in [1.54, 1.807) is 0 Å². The molecule has 1 saturated carbocycles. The number of nitrogens with zero attached hydrogens (tertiary/aromatic N) is 1. The van der Waals surface area contributed by atoms with E-state index in [2.05, 4.69) is 25.8 Å². The molecule has 0 aromatic heterocycles. The standard InChI is InChI=1S/C17H26N2O2/c1-17(2)6-4-12(5-7-17)19(3)14-11-16-15(10-13(14)18)20-8-9-21-16/h10-12H,4-9,18H2,1-3H3. The van der Waals surface area contributed by atoms with E-state index >= 15 is 0 Å². The maximum atomic E-state index is 6.23. The molecule has 0 atom stereocenters. The SMILES string of the molecule is CN(c1cc2c(cc1N)OCCO2)C1CCC(C)(C)CC1. The normalized spacial score (nSPS) is 21.1. The van der Waals surface area contributed by atoms with E-state index in [4.69, 9.17) is 15.2 Å². The van der Waals surface area contributed by atoms with Crippen LogP contribution >= 0.6 is 0 Å². The van der Waals surface area contributed by atoms with Gasteiger partial charge in [0.2, 0.25) is 0 Å². The number of hydrogen-bond donors (Lipinski definition) is 1. The van der Waals surface area contributed by atoms with Crippen molar-refractivity contribution in [1.29, 1.82) is 0 Å². The monoisotopic (exact) mass is 290 g/mol. The minimum atomic E-state index is 0.482. The number of benzene rings is 1. The first-order chi connectivity index (χ1) is 9.96. The van der Waals surface area contributed by atoms with Crippen LogP contribution in [-0.2, 0) is 0 Å². The summed E-state index contributed by atoms with van der Waals surface area (Å²) < 4.78 is 11.3. The first-order valence-electron chi connectivity index (χ1n) is 7.88. The molecule has 0 bridgehead atoms. The Labute approximate surface area is 127 Å². The highest BCUT2D eigenvalue weighted by Crippen LogP contribution is 2.42. The molecule has 1 aliphatic heterocycles. The minimum absolute atomic E-state index is 0.482. The predicted octanol–water partition coefficient (Wildman–Crippen LogP) is 3.45. The van der Waals surface area contributed by atoms with Crippen LogP contribution in [0.3, 0.4) is 0 Å². The van der Waals surface area contributed by atoms with Crippen LogP contribution in [0.25, 0.3) is 0 Å². The molecule has 0 amide bonds. The van der Waals surface area contributed by atoms with Gasteiger partial charge in [-0.1, -0.05) is 13.8 Å². The van der Waals surface area contributed by atoms with Gasteiger partial charge in [-0.05, 0) is 31.1 Å². The molecule has 21 heavy (non-hydrogen) atoms. The molecule has 0 radical (unpaired) electrons. The predicted molar refractivity (Wildman–Crippen MR) is 86.3 cm³/mol. The van der Waals surface area contributed by atoms with Gasteiger partial charge in [-0.3, -0.25) is 0 Å². The van der Waals surface area contributed by atoms with Gasteiger partial charge in [0.1, 0.15) is 13.2 Å². The van der Waals surface area contributed by atoms with Crippen molar-refractivity contribution in [2.75, 3.05) is 30.9 Å². The average Bonchev–Trinajstić information content (AvgIpc) is 2.46. The average molecular weight is 290 g/mol. The maximum absolute atomic E-state index is 6.23. The molecule has 0 saturated heterocycles. The number of ether oxygens (including phenoxy) is 2. The van der Waals surface area contributed by atoms with Crippen LogP contribution < -0.4 is 20.1 Å². The third kappa shape index (κ3) is 2.89. The molecule has 1 fully saturated rings. The number of rotatable bonds is 2. The molecule has 4 nitrogen and oxygen atoms in total. The van der Waals surface area contributed by atoms with Gasteiger partial charge < -0.3 is 20.1 Å². The number of nitrogens with two attached hydrogens (primary N) is 1. The zero-order valence-electron chi connectivity index (χ0n) is 13.3. The number of hydrogen-bond acceptors (Lipinski definition) is 4. The Morgan fingerprint density at radius 3 is 2.29 bits per heavy atom. The minimum Gasteiger partial charge on any atom is -0.486 e. The first-order valence-corrected chi connectivity index (χ1v) is 7.88. The topological polar surface area (TPSA) is 47.7 Å². The van der Waals surface area contributed by atoms with Crippen molar-refractivity contribution in [1.82, 2.24) is 0 Å². The van der Waals surface area contributed by atoms with Crippen molar-refractivity contribution in [3.05, 3.63) is 12.1 Å². The lowest BCUT2D eigenvalue weighted by Crippen LogP contribution is -2.37. The van der Waals surface area contributed by atoms with Gasteiger partial charge in [-0.25, -0.2) is 0 Å². The van der Waals surface area contributed by atoms with Crippen LogP contribution in [0.5, 0.6) is 11.5 Å². The number of anilines is 2. The molecular formula is C17H26N2O2. The van der Waals surface area contributed by atoms with Gasteiger partial charge in [0.25, 0.3) is 0 Å². The quantitative estimate of drug-likeness (QED) is 0.848. The highest BCUT2D eigenvalue weighted by molar-refractivity contribution is 5.73. The van der Waals surface area contributed by atoms with Crippen molar-refractivity contribution >= 4 is 11.4 Å². The summed E-state index contributed by atoms with van der Waals surface area (Å²) in [7, 11) is 2.14. The Hall–Kier alpha value is -1.58. The number of fused-ring (bicyclic) bond motifs is 1. The molecule has 2 aliphatic rings. The van der Waals surface area contributed by atoms with E-state index in [0.29, 0.717) is 24.7 Å². The smallest absolute Gasteiger partial charge is 0.163 e. The second-order valence-electron chi connectivity index (χ2n) is 7.06. The van der Waals surface area contributed by atoms with Crippen LogP contribution in [-0.4, -0.2) is 26.3 Å². The Bertz CT molecular complexity index is 518. The van der Waals surface area contributed by atoms with Crippen LogP contribution in [0.4, 0.5) is 11.4 Å². The highest BCUT2D eigenvalue weighted by Gasteiger charge is 2.30. The van der Waals surface area contributed by atoms with Crippen LogP contribution in [0.15, 0.2) is 12.1 Å². The van der Waals surface area contributed by atoms with E-state index in [9.17, 15) is 0 Å². The molecule has 0 unspecified atom stereocenters. The van der Waals surface area contributed by atoms with Crippen molar-refractivity contribution < 1.29 is 9.47 Å². The molecule has 0 spiro atoms. The molecule has 1 heterocycles. The molecule has 1 aromatic rings. The third-order valence-corrected chi connectivity index (χ3v) is 4.93. The van der Waals surface area contributed by atoms with Crippen molar-refractivity contribution in [2.24, 2.45) is 5.41 Å². The second kappa shape index (κ2) is 5.32. The molecule has 2 N–H and O–H groups in total. The zero-order chi connectivity index (χ0) is 15.0. The summed E-state index contributed by atoms with van der Waals surface area (Å²) in [5.41, 5.74) is 8.54. The van der Waals surface area contributed by atoms with Gasteiger partial charge in [-0.15, -0.1) is 0 Å². The Balaban J connectivity index is 1.80. The third-order valence-electron chi connectivity index (χ3n) is 4.93. The Morgan fingerprint density at radius 1 is 1.10 bits per heavy atom. The van der Waals surface area contributed by atoms with Gasteiger partial charge in [-0.2, -0.15) is 0 Å². The second-order valence-corrected chi connectivity index (χ2v) is 7.06. The fourth-order valence-electron chi connectivity index (χ4n) is 3.37. The van der Waals surface area contributed by atoms with Gasteiger partial charge in [0.15, 0.2) is 11.5 Å². The summed E-state index contributed by atoms with van der Waals surface area (Å²) in [6.45, 7) is 5.93.